The topological polar surface area (TPSA) is 59.4 Å². The van der Waals surface area contributed by atoms with Crippen molar-refractivity contribution in [3.05, 3.63) is 96.2 Å². The Labute approximate surface area is 188 Å². The van der Waals surface area contributed by atoms with Crippen molar-refractivity contribution in [2.24, 2.45) is 0 Å². The number of carbonyl (C=O) groups excluding carboxylic acids is 1. The summed E-state index contributed by atoms with van der Waals surface area (Å²) >= 11 is 0. The molecule has 1 amide bonds. The minimum Gasteiger partial charge on any atom is -0.337 e. The number of anilines is 1. The molecule has 4 rings (SSSR count). The van der Waals surface area contributed by atoms with Gasteiger partial charge in [0.05, 0.1) is 10.6 Å². The molecule has 0 spiro atoms. The predicted molar refractivity (Wildman–Crippen MR) is 128 cm³/mol. The number of carbonyl (C=O) groups is 1. The molecule has 0 aliphatic carbocycles. The molecule has 0 fully saturated rings. The Morgan fingerprint density at radius 3 is 2.25 bits per heavy atom. The maximum absolute atomic E-state index is 13.3. The van der Waals surface area contributed by atoms with Crippen LogP contribution in [-0.4, -0.2) is 25.4 Å². The molecule has 0 aliphatic heterocycles. The molecule has 4 aromatic rings. The second kappa shape index (κ2) is 9.01. The third-order valence-corrected chi connectivity index (χ3v) is 7.26. The first kappa shape index (κ1) is 21.8. The van der Waals surface area contributed by atoms with Gasteiger partial charge in [-0.05, 0) is 37.6 Å². The standard InChI is InChI=1S/C26H26N2O3S/c1-3-28(22-9-5-4-6-10-22)26(29)18-27-17-25(23-11-7-8-12-24(23)27)32(30,31)19-21-15-13-20(2)14-16-21/h4-17H,3,18-19H2,1-2H3. The third-order valence-electron chi connectivity index (χ3n) is 5.56. The lowest BCUT2D eigenvalue weighted by molar-refractivity contribution is -0.119. The minimum absolute atomic E-state index is 0.0588. The summed E-state index contributed by atoms with van der Waals surface area (Å²) in [6.07, 6.45) is 1.60. The van der Waals surface area contributed by atoms with Crippen molar-refractivity contribution in [1.29, 1.82) is 0 Å². The number of likely N-dealkylation sites (N-methyl/N-ethyl adjacent to an activating group) is 1. The van der Waals surface area contributed by atoms with Crippen LogP contribution in [0.1, 0.15) is 18.1 Å². The van der Waals surface area contributed by atoms with Crippen LogP contribution in [0.3, 0.4) is 0 Å². The van der Waals surface area contributed by atoms with Gasteiger partial charge in [0.25, 0.3) is 0 Å². The van der Waals surface area contributed by atoms with E-state index in [1.54, 1.807) is 21.7 Å². The monoisotopic (exact) mass is 446 g/mol. The van der Waals surface area contributed by atoms with Gasteiger partial charge in [-0.1, -0.05) is 66.2 Å². The molecule has 0 bridgehead atoms. The zero-order valence-electron chi connectivity index (χ0n) is 18.2. The molecule has 0 saturated heterocycles. The summed E-state index contributed by atoms with van der Waals surface area (Å²) in [4.78, 5) is 15.1. The lowest BCUT2D eigenvalue weighted by atomic mass is 10.2. The van der Waals surface area contributed by atoms with Crippen LogP contribution < -0.4 is 4.90 Å². The summed E-state index contributed by atoms with van der Waals surface area (Å²) in [7, 11) is -3.59. The van der Waals surface area contributed by atoms with Crippen molar-refractivity contribution in [3.63, 3.8) is 0 Å². The molecule has 1 heterocycles. The van der Waals surface area contributed by atoms with Crippen molar-refractivity contribution in [2.45, 2.75) is 31.0 Å². The SMILES string of the molecule is CCN(C(=O)Cn1cc(S(=O)(=O)Cc2ccc(C)cc2)c2ccccc21)c1ccccc1. The number of amides is 1. The highest BCUT2D eigenvalue weighted by molar-refractivity contribution is 7.90. The van der Waals surface area contributed by atoms with Crippen LogP contribution >= 0.6 is 0 Å². The second-order valence-electron chi connectivity index (χ2n) is 7.86. The summed E-state index contributed by atoms with van der Waals surface area (Å²) in [6, 6.07) is 24.3. The van der Waals surface area contributed by atoms with E-state index < -0.39 is 9.84 Å². The smallest absolute Gasteiger partial charge is 0.246 e. The number of aryl methyl sites for hydroxylation is 1. The van der Waals surface area contributed by atoms with Crippen LogP contribution in [0.15, 0.2) is 90.0 Å². The largest absolute Gasteiger partial charge is 0.337 e. The van der Waals surface area contributed by atoms with Gasteiger partial charge in [-0.15, -0.1) is 0 Å². The highest BCUT2D eigenvalue weighted by atomic mass is 32.2. The van der Waals surface area contributed by atoms with Crippen LogP contribution in [0.5, 0.6) is 0 Å². The second-order valence-corrected chi connectivity index (χ2v) is 9.81. The first-order chi connectivity index (χ1) is 15.4. The predicted octanol–water partition coefficient (Wildman–Crippen LogP) is 4.98. The number of hydrogen-bond donors (Lipinski definition) is 0. The summed E-state index contributed by atoms with van der Waals surface area (Å²) < 4.78 is 28.3. The van der Waals surface area contributed by atoms with Crippen LogP contribution in [0.4, 0.5) is 5.69 Å². The lowest BCUT2D eigenvalue weighted by Gasteiger charge is -2.21. The fourth-order valence-corrected chi connectivity index (χ4v) is 5.50. The van der Waals surface area contributed by atoms with Gasteiger partial charge >= 0.3 is 0 Å². The van der Waals surface area contributed by atoms with Gasteiger partial charge in [0.2, 0.25) is 5.91 Å². The third kappa shape index (κ3) is 4.46. The molecular formula is C26H26N2O3S. The molecule has 0 radical (unpaired) electrons. The normalized spacial score (nSPS) is 11.6. The van der Waals surface area contributed by atoms with E-state index in [1.165, 1.54) is 0 Å². The summed E-state index contributed by atoms with van der Waals surface area (Å²) in [5.74, 6) is -0.178. The molecule has 1 aromatic heterocycles. The number of benzene rings is 3. The highest BCUT2D eigenvalue weighted by Crippen LogP contribution is 2.28. The molecule has 0 atom stereocenters. The molecule has 0 aliphatic rings. The molecule has 0 unspecified atom stereocenters. The average Bonchev–Trinajstić information content (AvgIpc) is 3.16. The van der Waals surface area contributed by atoms with E-state index in [0.717, 1.165) is 22.3 Å². The molecule has 32 heavy (non-hydrogen) atoms. The van der Waals surface area contributed by atoms with Gasteiger partial charge in [-0.25, -0.2) is 8.42 Å². The van der Waals surface area contributed by atoms with Crippen molar-refractivity contribution in [3.8, 4) is 0 Å². The van der Waals surface area contributed by atoms with E-state index in [9.17, 15) is 13.2 Å². The van der Waals surface area contributed by atoms with Crippen LogP contribution in [0.25, 0.3) is 10.9 Å². The summed E-state index contributed by atoms with van der Waals surface area (Å²) in [5, 5.41) is 0.634. The zero-order chi connectivity index (χ0) is 22.7. The number of nitrogens with zero attached hydrogens (tertiary/aromatic N) is 2. The Morgan fingerprint density at radius 2 is 1.56 bits per heavy atom. The number of sulfone groups is 1. The van der Waals surface area contributed by atoms with E-state index in [0.29, 0.717) is 11.9 Å². The average molecular weight is 447 g/mol. The minimum atomic E-state index is -3.59. The number of rotatable bonds is 7. The van der Waals surface area contributed by atoms with Crippen LogP contribution in [0.2, 0.25) is 0 Å². The Hall–Kier alpha value is -3.38. The van der Waals surface area contributed by atoms with Gasteiger partial charge in [-0.3, -0.25) is 4.79 Å². The van der Waals surface area contributed by atoms with E-state index in [1.807, 2.05) is 86.6 Å². The van der Waals surface area contributed by atoms with Gasteiger partial charge in [0, 0.05) is 29.3 Å². The number of fused-ring (bicyclic) bond motifs is 1. The van der Waals surface area contributed by atoms with E-state index in [2.05, 4.69) is 0 Å². The van der Waals surface area contributed by atoms with E-state index in [-0.39, 0.29) is 23.1 Å². The van der Waals surface area contributed by atoms with Crippen molar-refractivity contribution in [2.75, 3.05) is 11.4 Å². The maximum atomic E-state index is 13.3. The van der Waals surface area contributed by atoms with Crippen LogP contribution in [0, 0.1) is 6.92 Å². The van der Waals surface area contributed by atoms with Gasteiger partial charge in [-0.2, -0.15) is 0 Å². The van der Waals surface area contributed by atoms with Crippen molar-refractivity contribution in [1.82, 2.24) is 4.57 Å². The highest BCUT2D eigenvalue weighted by Gasteiger charge is 2.23. The molecular weight excluding hydrogens is 420 g/mol. The first-order valence-electron chi connectivity index (χ1n) is 10.6. The Morgan fingerprint density at radius 1 is 0.906 bits per heavy atom. The molecule has 0 N–H and O–H groups in total. The summed E-state index contributed by atoms with van der Waals surface area (Å²) in [5.41, 5.74) is 3.38. The number of para-hydroxylation sites is 2. The van der Waals surface area contributed by atoms with Gasteiger partial charge in [0.1, 0.15) is 6.54 Å². The molecule has 5 nitrogen and oxygen atoms in total. The van der Waals surface area contributed by atoms with Gasteiger partial charge in [0.15, 0.2) is 9.84 Å². The molecule has 3 aromatic carbocycles. The van der Waals surface area contributed by atoms with Gasteiger partial charge < -0.3 is 9.47 Å². The van der Waals surface area contributed by atoms with E-state index in [4.69, 9.17) is 0 Å². The fourth-order valence-electron chi connectivity index (χ4n) is 3.92. The molecule has 0 saturated carbocycles. The quantitative estimate of drug-likeness (QED) is 0.402. The van der Waals surface area contributed by atoms with Crippen LogP contribution in [-0.2, 0) is 26.9 Å². The van der Waals surface area contributed by atoms with Crippen molar-refractivity contribution < 1.29 is 13.2 Å². The first-order valence-corrected chi connectivity index (χ1v) is 12.3. The summed E-state index contributed by atoms with van der Waals surface area (Å²) in [6.45, 7) is 4.48. The number of hydrogen-bond acceptors (Lipinski definition) is 3. The Bertz CT molecular complexity index is 1340. The Balaban J connectivity index is 1.68. The number of aromatic nitrogens is 1. The maximum Gasteiger partial charge on any atom is 0.246 e. The fraction of sp³-hybridized carbons (Fsp3) is 0.192. The Kier molecular flexibility index (Phi) is 6.15. The lowest BCUT2D eigenvalue weighted by Crippen LogP contribution is -2.33. The van der Waals surface area contributed by atoms with E-state index >= 15 is 0 Å². The zero-order valence-corrected chi connectivity index (χ0v) is 19.0. The molecule has 164 valence electrons. The van der Waals surface area contributed by atoms with Crippen molar-refractivity contribution >= 4 is 32.3 Å². The molecule has 6 heteroatoms.